The second-order valence-corrected chi connectivity index (χ2v) is 4.87. The van der Waals surface area contributed by atoms with E-state index in [-0.39, 0.29) is 23.8 Å². The topological polar surface area (TPSA) is 147 Å². The van der Waals surface area contributed by atoms with E-state index >= 15 is 0 Å². The minimum atomic E-state index is -0.393. The third-order valence-corrected chi connectivity index (χ3v) is 2.86. The molecule has 0 radical (unpaired) electrons. The summed E-state index contributed by atoms with van der Waals surface area (Å²) in [4.78, 5) is 34.0. The number of rotatable bonds is 9. The van der Waals surface area contributed by atoms with Gasteiger partial charge in [-0.2, -0.15) is 15.0 Å². The number of hydrogen-bond donors (Lipinski definition) is 5. The van der Waals surface area contributed by atoms with Gasteiger partial charge >= 0.3 is 6.03 Å². The number of amides is 3. The summed E-state index contributed by atoms with van der Waals surface area (Å²) in [5, 5.41) is 10.7. The minimum absolute atomic E-state index is 0.0104. The van der Waals surface area contributed by atoms with Crippen LogP contribution in [0.25, 0.3) is 0 Å². The molecule has 0 unspecified atom stereocenters. The highest BCUT2D eigenvalue weighted by Gasteiger charge is 2.06. The molecule has 0 saturated carbocycles. The fourth-order valence-electron chi connectivity index (χ4n) is 1.78. The Hall–Kier alpha value is -2.65. The Morgan fingerprint density at radius 3 is 2.17 bits per heavy atom. The van der Waals surface area contributed by atoms with E-state index in [9.17, 15) is 9.59 Å². The first-order valence-electron chi connectivity index (χ1n) is 7.50. The molecule has 0 saturated heterocycles. The summed E-state index contributed by atoms with van der Waals surface area (Å²) >= 11 is 0. The quantitative estimate of drug-likeness (QED) is 0.411. The third-order valence-electron chi connectivity index (χ3n) is 2.86. The van der Waals surface area contributed by atoms with Crippen molar-refractivity contribution >= 4 is 29.8 Å². The number of unbranched alkanes of at least 4 members (excludes halogenated alkanes) is 3. The smallest absolute Gasteiger partial charge is 0.321 e. The van der Waals surface area contributed by atoms with E-state index in [1.807, 2.05) is 0 Å². The van der Waals surface area contributed by atoms with Gasteiger partial charge in [0, 0.05) is 27.1 Å². The molecule has 23 heavy (non-hydrogen) atoms. The van der Waals surface area contributed by atoms with E-state index in [0.29, 0.717) is 13.1 Å². The zero-order chi connectivity index (χ0) is 17.1. The Labute approximate surface area is 135 Å². The molecule has 1 rings (SSSR count). The van der Waals surface area contributed by atoms with Gasteiger partial charge < -0.3 is 21.7 Å². The predicted molar refractivity (Wildman–Crippen MR) is 88.0 cm³/mol. The van der Waals surface area contributed by atoms with Gasteiger partial charge in [-0.3, -0.25) is 10.1 Å². The summed E-state index contributed by atoms with van der Waals surface area (Å²) < 4.78 is 0. The van der Waals surface area contributed by atoms with Crippen LogP contribution in [0.15, 0.2) is 0 Å². The highest BCUT2D eigenvalue weighted by Crippen LogP contribution is 2.05. The molecular formula is C13H24N8O2. The minimum Gasteiger partial charge on any atom is -0.368 e. The van der Waals surface area contributed by atoms with Gasteiger partial charge in [0.05, 0.1) is 0 Å². The van der Waals surface area contributed by atoms with Crippen molar-refractivity contribution in [2.45, 2.75) is 32.6 Å². The molecule has 1 aromatic rings. The van der Waals surface area contributed by atoms with Gasteiger partial charge in [0.25, 0.3) is 0 Å². The lowest BCUT2D eigenvalue weighted by atomic mass is 10.2. The molecule has 3 amide bonds. The molecule has 0 aliphatic rings. The number of hydrogen-bond acceptors (Lipinski definition) is 7. The Morgan fingerprint density at radius 2 is 1.57 bits per heavy atom. The predicted octanol–water partition coefficient (Wildman–Crippen LogP) is 0.313. The molecule has 0 atom stereocenters. The maximum atomic E-state index is 11.7. The van der Waals surface area contributed by atoms with Crippen LogP contribution in [0.3, 0.4) is 0 Å². The van der Waals surface area contributed by atoms with Crippen molar-refractivity contribution in [3.63, 3.8) is 0 Å². The van der Waals surface area contributed by atoms with Crippen LogP contribution in [0.5, 0.6) is 0 Å². The fourth-order valence-corrected chi connectivity index (χ4v) is 1.78. The van der Waals surface area contributed by atoms with Gasteiger partial charge in [0.1, 0.15) is 0 Å². The summed E-state index contributed by atoms with van der Waals surface area (Å²) in [5.74, 6) is 0.393. The molecule has 10 heteroatoms. The fraction of sp³-hybridized carbons (Fsp3) is 0.615. The van der Waals surface area contributed by atoms with E-state index in [0.717, 1.165) is 25.7 Å². The van der Waals surface area contributed by atoms with Crippen molar-refractivity contribution in [3.05, 3.63) is 0 Å². The van der Waals surface area contributed by atoms with Crippen molar-refractivity contribution in [2.75, 3.05) is 36.5 Å². The van der Waals surface area contributed by atoms with Crippen molar-refractivity contribution in [1.82, 2.24) is 25.6 Å². The lowest BCUT2D eigenvalue weighted by Gasteiger charge is -2.08. The number of nitrogens with zero attached hydrogens (tertiary/aromatic N) is 3. The molecule has 0 aliphatic carbocycles. The maximum absolute atomic E-state index is 11.7. The number of nitrogen functional groups attached to an aromatic ring is 1. The molecular weight excluding hydrogens is 300 g/mol. The molecule has 0 fully saturated rings. The normalized spacial score (nSPS) is 10.0. The van der Waals surface area contributed by atoms with Gasteiger partial charge in [0.15, 0.2) is 0 Å². The van der Waals surface area contributed by atoms with Crippen LogP contribution in [0.2, 0.25) is 0 Å². The van der Waals surface area contributed by atoms with Crippen LogP contribution in [-0.4, -0.2) is 47.0 Å². The standard InChI is InChI=1S/C13H24N8O2/c1-9(22)16-7-5-3-4-6-8-17-13(23)21-12-19-10(14)18-11(15-2)20-12/h3-8H2,1-2H3,(H,16,22)(H5,14,15,17,18,19,20,21,23). The lowest BCUT2D eigenvalue weighted by Crippen LogP contribution is -2.30. The van der Waals surface area contributed by atoms with E-state index in [1.54, 1.807) is 7.05 Å². The molecule has 0 bridgehead atoms. The van der Waals surface area contributed by atoms with Crippen molar-refractivity contribution < 1.29 is 9.59 Å². The van der Waals surface area contributed by atoms with Crippen LogP contribution in [0.4, 0.5) is 22.6 Å². The van der Waals surface area contributed by atoms with Crippen LogP contribution < -0.4 is 27.0 Å². The number of aromatic nitrogens is 3. The summed E-state index contributed by atoms with van der Waals surface area (Å²) in [6, 6.07) is -0.393. The zero-order valence-corrected chi connectivity index (χ0v) is 13.5. The largest absolute Gasteiger partial charge is 0.368 e. The highest BCUT2D eigenvalue weighted by atomic mass is 16.2. The second kappa shape index (κ2) is 10.1. The second-order valence-electron chi connectivity index (χ2n) is 4.87. The highest BCUT2D eigenvalue weighted by molar-refractivity contribution is 5.87. The van der Waals surface area contributed by atoms with Crippen LogP contribution in [-0.2, 0) is 4.79 Å². The van der Waals surface area contributed by atoms with E-state index in [1.165, 1.54) is 6.92 Å². The summed E-state index contributed by atoms with van der Waals surface area (Å²) in [6.45, 7) is 2.74. The van der Waals surface area contributed by atoms with E-state index < -0.39 is 6.03 Å². The Bertz CT molecular complexity index is 523. The average Bonchev–Trinajstić information content (AvgIpc) is 2.48. The van der Waals surface area contributed by atoms with Gasteiger partial charge in [-0.1, -0.05) is 12.8 Å². The van der Waals surface area contributed by atoms with Gasteiger partial charge in [-0.25, -0.2) is 4.79 Å². The van der Waals surface area contributed by atoms with Crippen molar-refractivity contribution in [3.8, 4) is 0 Å². The molecule has 6 N–H and O–H groups in total. The molecule has 0 aromatic carbocycles. The number of carbonyl (C=O) groups excluding carboxylic acids is 2. The van der Waals surface area contributed by atoms with E-state index in [4.69, 9.17) is 5.73 Å². The number of nitrogens with one attached hydrogen (secondary N) is 4. The monoisotopic (exact) mass is 324 g/mol. The molecule has 0 aliphatic heterocycles. The molecule has 128 valence electrons. The van der Waals surface area contributed by atoms with Crippen LogP contribution >= 0.6 is 0 Å². The Morgan fingerprint density at radius 1 is 0.957 bits per heavy atom. The third kappa shape index (κ3) is 8.39. The van der Waals surface area contributed by atoms with Gasteiger partial charge in [-0.15, -0.1) is 0 Å². The number of urea groups is 1. The van der Waals surface area contributed by atoms with E-state index in [2.05, 4.69) is 36.2 Å². The summed E-state index contributed by atoms with van der Waals surface area (Å²) in [7, 11) is 1.64. The number of nitrogens with two attached hydrogens (primary N) is 1. The average molecular weight is 324 g/mol. The Kier molecular flexibility index (Phi) is 8.11. The van der Waals surface area contributed by atoms with Gasteiger partial charge in [0.2, 0.25) is 23.8 Å². The zero-order valence-electron chi connectivity index (χ0n) is 13.5. The first-order chi connectivity index (χ1) is 11.0. The van der Waals surface area contributed by atoms with Crippen molar-refractivity contribution in [2.24, 2.45) is 0 Å². The molecule has 10 nitrogen and oxygen atoms in total. The first-order valence-corrected chi connectivity index (χ1v) is 7.50. The summed E-state index contributed by atoms with van der Waals surface area (Å²) in [5.41, 5.74) is 5.51. The Balaban J connectivity index is 2.15. The van der Waals surface area contributed by atoms with Gasteiger partial charge in [-0.05, 0) is 12.8 Å². The molecule has 0 spiro atoms. The van der Waals surface area contributed by atoms with Crippen molar-refractivity contribution in [1.29, 1.82) is 0 Å². The molecule has 1 heterocycles. The summed E-state index contributed by atoms with van der Waals surface area (Å²) in [6.07, 6.45) is 3.76. The number of anilines is 3. The SMILES string of the molecule is CNc1nc(N)nc(NC(=O)NCCCCCCNC(C)=O)n1. The van der Waals surface area contributed by atoms with Crippen LogP contribution in [0, 0.1) is 0 Å². The maximum Gasteiger partial charge on any atom is 0.321 e. The first kappa shape index (κ1) is 18.4. The number of carbonyl (C=O) groups is 2. The molecule has 1 aromatic heterocycles. The lowest BCUT2D eigenvalue weighted by molar-refractivity contribution is -0.118. The van der Waals surface area contributed by atoms with Crippen LogP contribution in [0.1, 0.15) is 32.6 Å².